The van der Waals surface area contributed by atoms with Crippen molar-refractivity contribution >= 4 is 23.3 Å². The van der Waals surface area contributed by atoms with E-state index in [2.05, 4.69) is 0 Å². The summed E-state index contributed by atoms with van der Waals surface area (Å²) >= 11 is 0. The number of Topliss-reactive ketones (excluding diaryl/α,β-unsaturated/α-hetero) is 1. The molecule has 8 nitrogen and oxygen atoms in total. The van der Waals surface area contributed by atoms with E-state index in [9.17, 15) is 28.9 Å². The van der Waals surface area contributed by atoms with Crippen molar-refractivity contribution in [1.29, 1.82) is 0 Å². The van der Waals surface area contributed by atoms with Crippen LogP contribution < -0.4 is 4.90 Å². The molecule has 29 heavy (non-hydrogen) atoms. The highest BCUT2D eigenvalue weighted by atomic mass is 19.1. The Labute approximate surface area is 165 Å². The van der Waals surface area contributed by atoms with Gasteiger partial charge in [-0.1, -0.05) is 24.3 Å². The first kappa shape index (κ1) is 20.1. The highest BCUT2D eigenvalue weighted by molar-refractivity contribution is 6.30. The van der Waals surface area contributed by atoms with E-state index in [1.165, 1.54) is 24.3 Å². The van der Waals surface area contributed by atoms with Crippen LogP contribution in [0.2, 0.25) is 0 Å². The Morgan fingerprint density at radius 3 is 2.38 bits per heavy atom. The van der Waals surface area contributed by atoms with Crippen molar-refractivity contribution in [1.82, 2.24) is 0 Å². The number of ketones is 1. The summed E-state index contributed by atoms with van der Waals surface area (Å²) in [5.41, 5.74) is -1.94. The largest absolute Gasteiger partial charge is 0.467 e. The SMILES string of the molecule is COC(=O)[C@]1([C@H](C[N+](=O)[O-])c2ccc(F)cc2)C(=O)c2ccccc2N1C(C)=O. The second-order valence-electron chi connectivity index (χ2n) is 6.58. The van der Waals surface area contributed by atoms with Crippen LogP contribution in [0.4, 0.5) is 10.1 Å². The first-order chi connectivity index (χ1) is 13.7. The summed E-state index contributed by atoms with van der Waals surface area (Å²) in [5, 5.41) is 11.5. The lowest BCUT2D eigenvalue weighted by atomic mass is 9.75. The molecule has 0 fully saturated rings. The molecule has 0 N–H and O–H groups in total. The molecule has 2 aromatic carbocycles. The zero-order chi connectivity index (χ0) is 21.3. The van der Waals surface area contributed by atoms with Crippen LogP contribution in [0.15, 0.2) is 48.5 Å². The molecular weight excluding hydrogens is 383 g/mol. The van der Waals surface area contributed by atoms with E-state index < -0.39 is 46.4 Å². The maximum atomic E-state index is 13.5. The van der Waals surface area contributed by atoms with Gasteiger partial charge in [-0.15, -0.1) is 0 Å². The number of hydrogen-bond donors (Lipinski definition) is 0. The Balaban J connectivity index is 2.36. The topological polar surface area (TPSA) is 107 Å². The van der Waals surface area contributed by atoms with Crippen LogP contribution in [0.25, 0.3) is 0 Å². The number of para-hydroxylation sites is 1. The second kappa shape index (κ2) is 7.42. The number of hydrogen-bond acceptors (Lipinski definition) is 6. The van der Waals surface area contributed by atoms with E-state index in [0.29, 0.717) is 0 Å². The van der Waals surface area contributed by atoms with Crippen LogP contribution in [-0.4, -0.2) is 41.8 Å². The molecular formula is C20H17FN2O6. The van der Waals surface area contributed by atoms with Gasteiger partial charge in [0.15, 0.2) is 0 Å². The lowest BCUT2D eigenvalue weighted by molar-refractivity contribution is -0.484. The van der Waals surface area contributed by atoms with Crippen molar-refractivity contribution in [3.63, 3.8) is 0 Å². The summed E-state index contributed by atoms with van der Waals surface area (Å²) in [7, 11) is 1.03. The van der Waals surface area contributed by atoms with Crippen LogP contribution >= 0.6 is 0 Å². The van der Waals surface area contributed by atoms with Gasteiger partial charge in [-0.05, 0) is 29.8 Å². The van der Waals surface area contributed by atoms with Crippen molar-refractivity contribution in [2.24, 2.45) is 0 Å². The Hall–Kier alpha value is -3.62. The molecule has 1 aliphatic heterocycles. The number of carbonyl (C=O) groups excluding carboxylic acids is 3. The number of fused-ring (bicyclic) bond motifs is 1. The summed E-state index contributed by atoms with van der Waals surface area (Å²) in [5.74, 6) is -4.56. The predicted molar refractivity (Wildman–Crippen MR) is 99.7 cm³/mol. The molecule has 3 rings (SSSR count). The van der Waals surface area contributed by atoms with Gasteiger partial charge in [0.05, 0.1) is 18.7 Å². The van der Waals surface area contributed by atoms with Gasteiger partial charge in [0.25, 0.3) is 0 Å². The molecule has 0 bridgehead atoms. The molecule has 0 aliphatic carbocycles. The third-order valence-corrected chi connectivity index (χ3v) is 5.01. The zero-order valence-electron chi connectivity index (χ0n) is 15.6. The molecule has 0 unspecified atom stereocenters. The van der Waals surface area contributed by atoms with Gasteiger partial charge >= 0.3 is 5.97 Å². The molecule has 2 aromatic rings. The molecule has 0 radical (unpaired) electrons. The Morgan fingerprint density at radius 1 is 1.21 bits per heavy atom. The highest BCUT2D eigenvalue weighted by Crippen LogP contribution is 2.47. The lowest BCUT2D eigenvalue weighted by Gasteiger charge is -2.38. The fraction of sp³-hybridized carbons (Fsp3) is 0.250. The van der Waals surface area contributed by atoms with Gasteiger partial charge in [-0.3, -0.25) is 24.6 Å². The smallest absolute Gasteiger partial charge is 0.341 e. The quantitative estimate of drug-likeness (QED) is 0.330. The van der Waals surface area contributed by atoms with Gasteiger partial charge in [0.2, 0.25) is 23.8 Å². The van der Waals surface area contributed by atoms with Crippen molar-refractivity contribution in [3.05, 3.63) is 75.6 Å². The number of halogens is 1. The number of anilines is 1. The fourth-order valence-corrected chi connectivity index (χ4v) is 3.89. The summed E-state index contributed by atoms with van der Waals surface area (Å²) in [4.78, 5) is 50.9. The number of esters is 1. The summed E-state index contributed by atoms with van der Waals surface area (Å²) in [6.45, 7) is 0.297. The number of ether oxygens (including phenoxy) is 1. The molecule has 1 aliphatic rings. The average Bonchev–Trinajstić information content (AvgIpc) is 2.96. The van der Waals surface area contributed by atoms with Gasteiger partial charge in [0.1, 0.15) is 5.82 Å². The monoisotopic (exact) mass is 400 g/mol. The van der Waals surface area contributed by atoms with E-state index in [0.717, 1.165) is 31.1 Å². The van der Waals surface area contributed by atoms with Crippen molar-refractivity contribution in [2.75, 3.05) is 18.6 Å². The second-order valence-corrected chi connectivity index (χ2v) is 6.58. The van der Waals surface area contributed by atoms with E-state index in [4.69, 9.17) is 4.74 Å². The Kier molecular flexibility index (Phi) is 5.15. The predicted octanol–water partition coefficient (Wildman–Crippen LogP) is 2.35. The minimum atomic E-state index is -2.32. The summed E-state index contributed by atoms with van der Waals surface area (Å²) in [6.07, 6.45) is 0. The Morgan fingerprint density at radius 2 is 1.83 bits per heavy atom. The number of carbonyl (C=O) groups is 3. The number of nitro groups is 1. The summed E-state index contributed by atoms with van der Waals surface area (Å²) < 4.78 is 18.3. The summed E-state index contributed by atoms with van der Waals surface area (Å²) in [6, 6.07) is 10.7. The lowest BCUT2D eigenvalue weighted by Crippen LogP contribution is -2.63. The number of rotatable bonds is 5. The van der Waals surface area contributed by atoms with Crippen LogP contribution in [0.5, 0.6) is 0 Å². The van der Waals surface area contributed by atoms with Crippen LogP contribution in [0.1, 0.15) is 28.8 Å². The third-order valence-electron chi connectivity index (χ3n) is 5.01. The zero-order valence-corrected chi connectivity index (χ0v) is 15.6. The van der Waals surface area contributed by atoms with Crippen molar-refractivity contribution < 1.29 is 28.4 Å². The number of benzene rings is 2. The standard InChI is InChI=1S/C20H17FN2O6/c1-12(24)23-17-6-4-3-5-15(17)18(25)20(23,19(26)29-2)16(11-22(27)28)13-7-9-14(21)10-8-13/h3-10,16H,11H2,1-2H3/t16-,20+/m1/s1. The minimum Gasteiger partial charge on any atom is -0.467 e. The maximum absolute atomic E-state index is 13.5. The molecule has 2 atom stereocenters. The molecule has 1 heterocycles. The first-order valence-corrected chi connectivity index (χ1v) is 8.65. The number of methoxy groups -OCH3 is 1. The van der Waals surface area contributed by atoms with Crippen LogP contribution in [0.3, 0.4) is 0 Å². The van der Waals surface area contributed by atoms with Gasteiger partial charge in [-0.2, -0.15) is 0 Å². The number of nitrogens with zero attached hydrogens (tertiary/aromatic N) is 2. The molecule has 1 amide bonds. The molecule has 9 heteroatoms. The molecule has 0 spiro atoms. The van der Waals surface area contributed by atoms with E-state index in [1.807, 2.05) is 0 Å². The van der Waals surface area contributed by atoms with Crippen molar-refractivity contribution in [3.8, 4) is 0 Å². The van der Waals surface area contributed by atoms with E-state index >= 15 is 0 Å². The van der Waals surface area contributed by atoms with Crippen molar-refractivity contribution in [2.45, 2.75) is 18.4 Å². The molecule has 0 saturated carbocycles. The van der Waals surface area contributed by atoms with Crippen LogP contribution in [0, 0.1) is 15.9 Å². The maximum Gasteiger partial charge on any atom is 0.341 e. The number of amides is 1. The average molecular weight is 400 g/mol. The first-order valence-electron chi connectivity index (χ1n) is 8.65. The van der Waals surface area contributed by atoms with E-state index in [1.54, 1.807) is 12.1 Å². The van der Waals surface area contributed by atoms with E-state index in [-0.39, 0.29) is 16.8 Å². The molecule has 150 valence electrons. The van der Waals surface area contributed by atoms with Crippen LogP contribution in [-0.2, 0) is 14.3 Å². The van der Waals surface area contributed by atoms with Gasteiger partial charge in [0, 0.05) is 17.4 Å². The van der Waals surface area contributed by atoms with Gasteiger partial charge < -0.3 is 4.74 Å². The fourth-order valence-electron chi connectivity index (χ4n) is 3.89. The minimum absolute atomic E-state index is 0.0727. The Bertz CT molecular complexity index is 1010. The molecule has 0 aromatic heterocycles. The normalized spacial score (nSPS) is 18.9. The highest BCUT2D eigenvalue weighted by Gasteiger charge is 2.65. The third kappa shape index (κ3) is 3.04. The molecule has 0 saturated heterocycles. The van der Waals surface area contributed by atoms with Gasteiger partial charge in [-0.25, -0.2) is 9.18 Å².